The highest BCUT2D eigenvalue weighted by molar-refractivity contribution is 7.90. The third-order valence-corrected chi connectivity index (χ3v) is 4.55. The molecule has 0 unspecified atom stereocenters. The van der Waals surface area contributed by atoms with E-state index >= 15 is 0 Å². The van der Waals surface area contributed by atoms with E-state index in [1.54, 1.807) is 6.07 Å². The van der Waals surface area contributed by atoms with E-state index < -0.39 is 15.7 Å². The van der Waals surface area contributed by atoms with Crippen molar-refractivity contribution in [3.05, 3.63) is 29.6 Å². The van der Waals surface area contributed by atoms with E-state index in [1.807, 2.05) is 0 Å². The highest BCUT2D eigenvalue weighted by Gasteiger charge is 2.17. The largest absolute Gasteiger partial charge is 0.304 e. The van der Waals surface area contributed by atoms with Crippen LogP contribution >= 0.6 is 0 Å². The van der Waals surface area contributed by atoms with Gasteiger partial charge in [-0.2, -0.15) is 0 Å². The topological polar surface area (TPSA) is 40.6 Å². The van der Waals surface area contributed by atoms with E-state index in [4.69, 9.17) is 0 Å². The van der Waals surface area contributed by atoms with Gasteiger partial charge in [-0.3, -0.25) is 4.90 Å². The van der Waals surface area contributed by atoms with Crippen LogP contribution in [-0.2, 0) is 16.4 Å². The van der Waals surface area contributed by atoms with Crippen molar-refractivity contribution >= 4 is 9.84 Å². The normalized spacial score (nSPS) is 18.7. The number of nitrogens with zero attached hydrogens (tertiary/aromatic N) is 2. The Bertz CT molecular complexity index is 552. The molecule has 1 aromatic rings. The Morgan fingerprint density at radius 3 is 2.37 bits per heavy atom. The third kappa shape index (κ3) is 3.75. The molecule has 1 aliphatic rings. The Kier molecular flexibility index (Phi) is 4.23. The third-order valence-electron chi connectivity index (χ3n) is 3.44. The van der Waals surface area contributed by atoms with Gasteiger partial charge in [0.25, 0.3) is 0 Å². The Balaban J connectivity index is 2.09. The Hall–Kier alpha value is -0.980. The quantitative estimate of drug-likeness (QED) is 0.830. The summed E-state index contributed by atoms with van der Waals surface area (Å²) in [6.45, 7) is 4.29. The fraction of sp³-hybridized carbons (Fsp3) is 0.538. The van der Waals surface area contributed by atoms with Crippen LogP contribution in [0.5, 0.6) is 0 Å². The minimum absolute atomic E-state index is 0.0344. The maximum absolute atomic E-state index is 13.9. The van der Waals surface area contributed by atoms with Crippen LogP contribution < -0.4 is 0 Å². The van der Waals surface area contributed by atoms with Crippen LogP contribution in [0.2, 0.25) is 0 Å². The summed E-state index contributed by atoms with van der Waals surface area (Å²) >= 11 is 0. The van der Waals surface area contributed by atoms with Gasteiger partial charge in [0.1, 0.15) is 5.82 Å². The molecule has 106 valence electrons. The van der Waals surface area contributed by atoms with Crippen molar-refractivity contribution < 1.29 is 12.8 Å². The van der Waals surface area contributed by atoms with Crippen LogP contribution in [0, 0.1) is 5.82 Å². The van der Waals surface area contributed by atoms with E-state index in [1.165, 1.54) is 6.07 Å². The summed E-state index contributed by atoms with van der Waals surface area (Å²) in [6, 6.07) is 4.16. The fourth-order valence-corrected chi connectivity index (χ4v) is 2.77. The molecule has 0 spiro atoms. The van der Waals surface area contributed by atoms with Crippen LogP contribution in [0.3, 0.4) is 0 Å². The van der Waals surface area contributed by atoms with Gasteiger partial charge in [0.05, 0.1) is 4.90 Å². The molecule has 0 aliphatic carbocycles. The highest BCUT2D eigenvalue weighted by Crippen LogP contribution is 2.17. The van der Waals surface area contributed by atoms with Gasteiger partial charge in [-0.25, -0.2) is 12.8 Å². The highest BCUT2D eigenvalue weighted by atomic mass is 32.2. The van der Waals surface area contributed by atoms with Gasteiger partial charge in [0, 0.05) is 44.5 Å². The lowest BCUT2D eigenvalue weighted by atomic mass is 10.2. The van der Waals surface area contributed by atoms with E-state index in [2.05, 4.69) is 16.8 Å². The number of piperazine rings is 1. The molecule has 0 atom stereocenters. The van der Waals surface area contributed by atoms with Crippen LogP contribution in [0.15, 0.2) is 23.1 Å². The number of sulfone groups is 1. The Morgan fingerprint density at radius 1 is 1.21 bits per heavy atom. The number of benzene rings is 1. The maximum atomic E-state index is 13.9. The van der Waals surface area contributed by atoms with Crippen LogP contribution in [-0.4, -0.2) is 57.7 Å². The lowest BCUT2D eigenvalue weighted by Gasteiger charge is -2.32. The van der Waals surface area contributed by atoms with Crippen LogP contribution in [0.1, 0.15) is 5.56 Å². The molecule has 6 heteroatoms. The molecule has 0 radical (unpaired) electrons. The summed E-state index contributed by atoms with van der Waals surface area (Å²) in [6.07, 6.45) is 1.09. The first kappa shape index (κ1) is 14.4. The van der Waals surface area contributed by atoms with Crippen molar-refractivity contribution in [2.75, 3.05) is 39.5 Å². The zero-order valence-electron chi connectivity index (χ0n) is 11.3. The van der Waals surface area contributed by atoms with Crippen molar-refractivity contribution in [2.24, 2.45) is 0 Å². The fourth-order valence-electron chi connectivity index (χ4n) is 2.13. The average molecular weight is 286 g/mol. The predicted molar refractivity (Wildman–Crippen MR) is 72.3 cm³/mol. The molecule has 1 heterocycles. The summed E-state index contributed by atoms with van der Waals surface area (Å²) in [7, 11) is -1.27. The van der Waals surface area contributed by atoms with Gasteiger partial charge >= 0.3 is 0 Å². The van der Waals surface area contributed by atoms with Gasteiger partial charge in [-0.05, 0) is 19.2 Å². The number of hydrogen-bond acceptors (Lipinski definition) is 4. The maximum Gasteiger partial charge on any atom is 0.175 e. The monoisotopic (exact) mass is 286 g/mol. The molecule has 0 saturated carbocycles. The zero-order chi connectivity index (χ0) is 14.0. The van der Waals surface area contributed by atoms with Gasteiger partial charge in [0.2, 0.25) is 0 Å². The number of halogens is 1. The van der Waals surface area contributed by atoms with Crippen LogP contribution in [0.25, 0.3) is 0 Å². The zero-order valence-corrected chi connectivity index (χ0v) is 12.1. The van der Waals surface area contributed by atoms with E-state index in [0.29, 0.717) is 12.1 Å². The minimum atomic E-state index is -3.34. The Labute approximate surface area is 113 Å². The van der Waals surface area contributed by atoms with Crippen molar-refractivity contribution in [1.29, 1.82) is 0 Å². The summed E-state index contributed by atoms with van der Waals surface area (Å²) in [4.78, 5) is 4.45. The molecule has 1 aliphatic heterocycles. The predicted octanol–water partition coefficient (Wildman–Crippen LogP) is 0.977. The molecule has 2 rings (SSSR count). The van der Waals surface area contributed by atoms with Gasteiger partial charge in [-0.15, -0.1) is 0 Å². The second-order valence-electron chi connectivity index (χ2n) is 5.10. The SMILES string of the molecule is CN1CCN(Cc2ccc(S(C)(=O)=O)cc2F)CC1. The standard InChI is InChI=1S/C13H19FN2O2S/c1-15-5-7-16(8-6-15)10-11-3-4-12(9-13(11)14)19(2,17)18/h3-4,9H,5-8,10H2,1-2H3. The average Bonchev–Trinajstić information content (AvgIpc) is 2.33. The minimum Gasteiger partial charge on any atom is -0.304 e. The molecule has 0 amide bonds. The molecule has 1 saturated heterocycles. The van der Waals surface area contributed by atoms with Crippen molar-refractivity contribution in [3.8, 4) is 0 Å². The molecule has 0 aromatic heterocycles. The molecule has 4 nitrogen and oxygen atoms in total. The first-order chi connectivity index (χ1) is 8.86. The molecule has 0 bridgehead atoms. The van der Waals surface area contributed by atoms with E-state index in [-0.39, 0.29) is 4.90 Å². The molecule has 1 aromatic carbocycles. The lowest BCUT2D eigenvalue weighted by Crippen LogP contribution is -2.44. The van der Waals surface area contributed by atoms with Gasteiger partial charge in [-0.1, -0.05) is 6.07 Å². The number of hydrogen-bond donors (Lipinski definition) is 0. The molecular formula is C13H19FN2O2S. The second-order valence-corrected chi connectivity index (χ2v) is 7.12. The summed E-state index contributed by atoms with van der Waals surface area (Å²) in [5, 5.41) is 0. The number of rotatable bonds is 3. The van der Waals surface area contributed by atoms with Gasteiger partial charge in [0.15, 0.2) is 9.84 Å². The molecule has 1 fully saturated rings. The first-order valence-corrected chi connectivity index (χ1v) is 8.15. The lowest BCUT2D eigenvalue weighted by molar-refractivity contribution is 0.147. The Morgan fingerprint density at radius 2 is 1.84 bits per heavy atom. The van der Waals surface area contributed by atoms with E-state index in [0.717, 1.165) is 38.5 Å². The second kappa shape index (κ2) is 5.56. The van der Waals surface area contributed by atoms with Crippen molar-refractivity contribution in [2.45, 2.75) is 11.4 Å². The van der Waals surface area contributed by atoms with Crippen molar-refractivity contribution in [3.63, 3.8) is 0 Å². The van der Waals surface area contributed by atoms with Crippen LogP contribution in [0.4, 0.5) is 4.39 Å². The number of likely N-dealkylation sites (N-methyl/N-ethyl adjacent to an activating group) is 1. The molecular weight excluding hydrogens is 267 g/mol. The van der Waals surface area contributed by atoms with E-state index in [9.17, 15) is 12.8 Å². The summed E-state index contributed by atoms with van der Waals surface area (Å²) in [5.74, 6) is -0.443. The molecule has 0 N–H and O–H groups in total. The first-order valence-electron chi connectivity index (χ1n) is 6.25. The summed E-state index contributed by atoms with van der Waals surface area (Å²) in [5.41, 5.74) is 0.553. The summed E-state index contributed by atoms with van der Waals surface area (Å²) < 4.78 is 36.6. The van der Waals surface area contributed by atoms with Crippen molar-refractivity contribution in [1.82, 2.24) is 9.80 Å². The molecule has 19 heavy (non-hydrogen) atoms. The van der Waals surface area contributed by atoms with Gasteiger partial charge < -0.3 is 4.90 Å². The smallest absolute Gasteiger partial charge is 0.175 e.